The van der Waals surface area contributed by atoms with Crippen LogP contribution in [-0.4, -0.2) is 41.2 Å². The lowest BCUT2D eigenvalue weighted by Gasteiger charge is -2.29. The third-order valence-corrected chi connectivity index (χ3v) is 5.46. The van der Waals surface area contributed by atoms with Crippen LogP contribution in [0.4, 0.5) is 5.69 Å². The van der Waals surface area contributed by atoms with Crippen LogP contribution in [-0.2, 0) is 27.2 Å². The number of rotatable bonds is 10. The molecule has 1 fully saturated rings. The molecule has 1 aliphatic rings. The highest BCUT2D eigenvalue weighted by atomic mass is 32.1. The zero-order valence-electron chi connectivity index (χ0n) is 19.5. The van der Waals surface area contributed by atoms with Gasteiger partial charge in [-0.1, -0.05) is 25.1 Å². The highest BCUT2D eigenvalue weighted by Crippen LogP contribution is 2.35. The molecule has 2 amide bonds. The molecule has 0 atom stereocenters. The smallest absolute Gasteiger partial charge is 0.341 e. The topological polar surface area (TPSA) is 105 Å². The lowest BCUT2D eigenvalue weighted by molar-refractivity contribution is -0.139. The minimum atomic E-state index is -1.13. The first-order valence-electron chi connectivity index (χ1n) is 11.0. The van der Waals surface area contributed by atoms with Gasteiger partial charge in [0.25, 0.3) is 11.8 Å². The van der Waals surface area contributed by atoms with Gasteiger partial charge >= 0.3 is 5.97 Å². The lowest BCUT2D eigenvalue weighted by atomic mass is 10.0. The van der Waals surface area contributed by atoms with Crippen molar-refractivity contribution >= 4 is 46.9 Å². The Balaban J connectivity index is 2.05. The van der Waals surface area contributed by atoms with Gasteiger partial charge in [-0.15, -0.1) is 6.58 Å². The molecular weight excluding hydrogens is 468 g/mol. The van der Waals surface area contributed by atoms with Gasteiger partial charge in [0.1, 0.15) is 5.57 Å². The number of amides is 2. The van der Waals surface area contributed by atoms with Crippen molar-refractivity contribution in [3.05, 3.63) is 71.3 Å². The Hall–Kier alpha value is -3.98. The molecule has 9 heteroatoms. The maximum Gasteiger partial charge on any atom is 0.341 e. The van der Waals surface area contributed by atoms with Crippen LogP contribution in [0.5, 0.6) is 11.5 Å². The zero-order chi connectivity index (χ0) is 25.5. The van der Waals surface area contributed by atoms with Gasteiger partial charge in [-0.2, -0.15) is 0 Å². The summed E-state index contributed by atoms with van der Waals surface area (Å²) in [4.78, 5) is 38.4. The summed E-state index contributed by atoms with van der Waals surface area (Å²) in [6.07, 6.45) is 4.28. The molecule has 0 spiro atoms. The Morgan fingerprint density at radius 3 is 2.49 bits per heavy atom. The van der Waals surface area contributed by atoms with E-state index >= 15 is 0 Å². The summed E-state index contributed by atoms with van der Waals surface area (Å²) in [6, 6.07) is 10.6. The van der Waals surface area contributed by atoms with Crippen LogP contribution >= 0.6 is 12.2 Å². The average molecular weight is 495 g/mol. The SMILES string of the molecule is C=CCc1cc(C=C2C(=O)NC(=S)N(c3ccc(CC)cc3)C2=O)cc(OCC)c1OCC(=O)O. The molecule has 1 heterocycles. The van der Waals surface area contributed by atoms with E-state index < -0.39 is 24.4 Å². The molecule has 0 radical (unpaired) electrons. The predicted molar refractivity (Wildman–Crippen MR) is 137 cm³/mol. The molecule has 1 aliphatic heterocycles. The van der Waals surface area contributed by atoms with Gasteiger partial charge in [0.15, 0.2) is 23.2 Å². The van der Waals surface area contributed by atoms with Crippen molar-refractivity contribution in [2.75, 3.05) is 18.1 Å². The van der Waals surface area contributed by atoms with Crippen LogP contribution in [0, 0.1) is 0 Å². The predicted octanol–water partition coefficient (Wildman–Crippen LogP) is 3.67. The van der Waals surface area contributed by atoms with Crippen molar-refractivity contribution in [3.63, 3.8) is 0 Å². The van der Waals surface area contributed by atoms with Crippen molar-refractivity contribution in [2.24, 2.45) is 0 Å². The summed E-state index contributed by atoms with van der Waals surface area (Å²) in [5.41, 5.74) is 2.64. The van der Waals surface area contributed by atoms with E-state index in [1.165, 1.54) is 11.0 Å². The highest BCUT2D eigenvalue weighted by Gasteiger charge is 2.34. The third kappa shape index (κ3) is 5.93. The number of ether oxygens (including phenoxy) is 2. The number of carboxylic acid groups (broad SMARTS) is 1. The first-order chi connectivity index (χ1) is 16.8. The van der Waals surface area contributed by atoms with Crippen LogP contribution in [0.3, 0.4) is 0 Å². The summed E-state index contributed by atoms with van der Waals surface area (Å²) in [5, 5.41) is 11.6. The number of thiocarbonyl (C=S) groups is 1. The van der Waals surface area contributed by atoms with E-state index in [2.05, 4.69) is 11.9 Å². The number of nitrogens with zero attached hydrogens (tertiary/aromatic N) is 1. The molecule has 0 unspecified atom stereocenters. The second-order valence-corrected chi connectivity index (χ2v) is 7.98. The Kier molecular flexibility index (Phi) is 8.38. The Bertz CT molecular complexity index is 1200. The van der Waals surface area contributed by atoms with Gasteiger partial charge in [-0.25, -0.2) is 4.79 Å². The minimum Gasteiger partial charge on any atom is -0.490 e. The van der Waals surface area contributed by atoms with E-state index in [4.69, 9.17) is 26.8 Å². The van der Waals surface area contributed by atoms with E-state index in [9.17, 15) is 14.4 Å². The van der Waals surface area contributed by atoms with Gasteiger partial charge in [0.2, 0.25) is 0 Å². The summed E-state index contributed by atoms with van der Waals surface area (Å²) < 4.78 is 11.1. The van der Waals surface area contributed by atoms with Gasteiger partial charge in [-0.3, -0.25) is 19.8 Å². The van der Waals surface area contributed by atoms with E-state index in [1.54, 1.807) is 37.3 Å². The van der Waals surface area contributed by atoms with Crippen LogP contribution in [0.2, 0.25) is 0 Å². The number of benzene rings is 2. The quantitative estimate of drug-likeness (QED) is 0.225. The van der Waals surface area contributed by atoms with Crippen LogP contribution in [0.25, 0.3) is 6.08 Å². The number of nitrogens with one attached hydrogen (secondary N) is 1. The fraction of sp³-hybridized carbons (Fsp3) is 0.231. The monoisotopic (exact) mass is 494 g/mol. The molecule has 35 heavy (non-hydrogen) atoms. The van der Waals surface area contributed by atoms with Gasteiger partial charge in [0.05, 0.1) is 12.3 Å². The Morgan fingerprint density at radius 2 is 1.89 bits per heavy atom. The number of hydrogen-bond acceptors (Lipinski definition) is 6. The summed E-state index contributed by atoms with van der Waals surface area (Å²) in [6.45, 7) is 7.29. The molecule has 2 aromatic rings. The van der Waals surface area contributed by atoms with Crippen molar-refractivity contribution < 1.29 is 29.0 Å². The van der Waals surface area contributed by atoms with Crippen LogP contribution in [0.1, 0.15) is 30.5 Å². The second kappa shape index (κ2) is 11.4. The van der Waals surface area contributed by atoms with Crippen molar-refractivity contribution in [2.45, 2.75) is 26.7 Å². The first kappa shape index (κ1) is 25.6. The van der Waals surface area contributed by atoms with Gasteiger partial charge in [0, 0.05) is 5.56 Å². The molecular formula is C26H26N2O6S. The van der Waals surface area contributed by atoms with E-state index in [-0.39, 0.29) is 16.4 Å². The number of hydrogen-bond donors (Lipinski definition) is 2. The highest BCUT2D eigenvalue weighted by molar-refractivity contribution is 7.80. The molecule has 0 aliphatic carbocycles. The summed E-state index contributed by atoms with van der Waals surface area (Å²) in [7, 11) is 0. The fourth-order valence-corrected chi connectivity index (χ4v) is 3.85. The lowest BCUT2D eigenvalue weighted by Crippen LogP contribution is -2.54. The molecule has 0 bridgehead atoms. The van der Waals surface area contributed by atoms with E-state index in [0.717, 1.165) is 12.0 Å². The third-order valence-electron chi connectivity index (χ3n) is 5.17. The average Bonchev–Trinajstić information content (AvgIpc) is 2.82. The zero-order valence-corrected chi connectivity index (χ0v) is 20.3. The van der Waals surface area contributed by atoms with Gasteiger partial charge < -0.3 is 14.6 Å². The summed E-state index contributed by atoms with van der Waals surface area (Å²) >= 11 is 5.27. The van der Waals surface area contributed by atoms with E-state index in [1.807, 2.05) is 19.1 Å². The number of carbonyl (C=O) groups excluding carboxylic acids is 2. The maximum atomic E-state index is 13.3. The first-order valence-corrected chi connectivity index (χ1v) is 11.4. The normalized spacial score (nSPS) is 14.6. The largest absolute Gasteiger partial charge is 0.490 e. The molecule has 182 valence electrons. The summed E-state index contributed by atoms with van der Waals surface area (Å²) in [5.74, 6) is -1.73. The standard InChI is InChI=1S/C26H26N2O6S/c1-4-7-18-12-17(14-21(33-6-3)23(18)34-15-22(29)30)13-20-24(31)27-26(35)28(25(20)32)19-10-8-16(5-2)9-11-19/h4,8-14H,1,5-7,15H2,2-3H3,(H,29,30)(H,27,31,35). The Morgan fingerprint density at radius 1 is 1.17 bits per heavy atom. The molecule has 1 saturated heterocycles. The molecule has 8 nitrogen and oxygen atoms in total. The number of anilines is 1. The molecule has 2 aromatic carbocycles. The molecule has 2 N–H and O–H groups in total. The Labute approximate surface area is 208 Å². The minimum absolute atomic E-state index is 0.00108. The molecule has 0 aromatic heterocycles. The number of carboxylic acids is 1. The number of aryl methyl sites for hydroxylation is 1. The number of carbonyl (C=O) groups is 3. The van der Waals surface area contributed by atoms with Crippen molar-refractivity contribution in [3.8, 4) is 11.5 Å². The van der Waals surface area contributed by atoms with Crippen molar-refractivity contribution in [1.82, 2.24) is 5.32 Å². The molecule has 3 rings (SSSR count). The maximum absolute atomic E-state index is 13.3. The van der Waals surface area contributed by atoms with Crippen molar-refractivity contribution in [1.29, 1.82) is 0 Å². The van der Waals surface area contributed by atoms with Crippen LogP contribution < -0.4 is 19.7 Å². The second-order valence-electron chi connectivity index (χ2n) is 7.59. The number of aliphatic carboxylic acids is 1. The van der Waals surface area contributed by atoms with Crippen LogP contribution in [0.15, 0.2) is 54.6 Å². The van der Waals surface area contributed by atoms with E-state index in [0.29, 0.717) is 35.6 Å². The number of allylic oxidation sites excluding steroid dienone is 1. The fourth-order valence-electron chi connectivity index (χ4n) is 3.57. The van der Waals surface area contributed by atoms with Gasteiger partial charge in [-0.05, 0) is 73.5 Å². The molecule has 0 saturated carbocycles.